The van der Waals surface area contributed by atoms with E-state index in [0.717, 1.165) is 0 Å². The first-order valence-electron chi connectivity index (χ1n) is 8.14. The number of rotatable bonds is 5. The molecular weight excluding hydrogens is 385 g/mol. The maximum Gasteiger partial charge on any atom is 0.337 e. The minimum Gasteiger partial charge on any atom is -0.465 e. The highest BCUT2D eigenvalue weighted by Crippen LogP contribution is 2.26. The fourth-order valence-electron chi connectivity index (χ4n) is 2.38. The molecule has 3 aromatic rings. The van der Waals surface area contributed by atoms with Crippen LogP contribution in [-0.2, 0) is 4.74 Å². The summed E-state index contributed by atoms with van der Waals surface area (Å²) in [4.78, 5) is 28.2. The van der Waals surface area contributed by atoms with Crippen LogP contribution in [0.5, 0.6) is 0 Å². The van der Waals surface area contributed by atoms with Crippen LogP contribution >= 0.6 is 11.6 Å². The van der Waals surface area contributed by atoms with Gasteiger partial charge in [0.2, 0.25) is 0 Å². The Balaban J connectivity index is 1.79. The number of nitrogens with one attached hydrogen (secondary N) is 2. The Bertz CT molecular complexity index is 1030. The Morgan fingerprint density at radius 1 is 1.04 bits per heavy atom. The van der Waals surface area contributed by atoms with E-state index in [1.54, 1.807) is 12.1 Å². The van der Waals surface area contributed by atoms with Crippen molar-refractivity contribution in [1.29, 1.82) is 0 Å². The molecule has 0 saturated carbocycles. The van der Waals surface area contributed by atoms with Gasteiger partial charge >= 0.3 is 5.97 Å². The van der Waals surface area contributed by atoms with E-state index in [1.807, 2.05) is 0 Å². The zero-order valence-electron chi connectivity index (χ0n) is 14.7. The highest BCUT2D eigenvalue weighted by Gasteiger charge is 2.11. The Labute approximate surface area is 165 Å². The van der Waals surface area contributed by atoms with Crippen molar-refractivity contribution in [2.45, 2.75) is 0 Å². The Morgan fingerprint density at radius 2 is 1.79 bits per heavy atom. The normalized spacial score (nSPS) is 10.2. The molecule has 0 atom stereocenters. The number of aromatic nitrogens is 1. The summed E-state index contributed by atoms with van der Waals surface area (Å²) in [5, 5.41) is 6.02. The molecule has 0 aliphatic carbocycles. The number of methoxy groups -OCH3 is 1. The van der Waals surface area contributed by atoms with Crippen LogP contribution in [0.25, 0.3) is 0 Å². The van der Waals surface area contributed by atoms with E-state index < -0.39 is 5.97 Å². The summed E-state index contributed by atoms with van der Waals surface area (Å²) in [5.41, 5.74) is 1.56. The van der Waals surface area contributed by atoms with E-state index in [4.69, 9.17) is 16.3 Å². The van der Waals surface area contributed by atoms with Crippen molar-refractivity contribution in [1.82, 2.24) is 4.98 Å². The van der Waals surface area contributed by atoms with Crippen molar-refractivity contribution in [2.24, 2.45) is 0 Å². The number of benzene rings is 2. The predicted molar refractivity (Wildman–Crippen MR) is 105 cm³/mol. The molecule has 6 nitrogen and oxygen atoms in total. The van der Waals surface area contributed by atoms with Crippen molar-refractivity contribution in [2.75, 3.05) is 17.7 Å². The van der Waals surface area contributed by atoms with E-state index in [0.29, 0.717) is 33.3 Å². The van der Waals surface area contributed by atoms with Gasteiger partial charge in [0, 0.05) is 17.4 Å². The maximum absolute atomic E-state index is 13.0. The van der Waals surface area contributed by atoms with Crippen LogP contribution in [0.3, 0.4) is 0 Å². The molecule has 1 aromatic heterocycles. The van der Waals surface area contributed by atoms with Crippen LogP contribution in [0.4, 0.5) is 21.6 Å². The molecule has 2 N–H and O–H groups in total. The van der Waals surface area contributed by atoms with Crippen LogP contribution in [0, 0.1) is 5.82 Å². The molecule has 0 unspecified atom stereocenters. The van der Waals surface area contributed by atoms with E-state index in [2.05, 4.69) is 15.6 Å². The number of anilines is 3. The third kappa shape index (κ3) is 4.63. The lowest BCUT2D eigenvalue weighted by Gasteiger charge is -2.11. The number of carbonyl (C=O) groups is 2. The second-order valence-electron chi connectivity index (χ2n) is 5.70. The lowest BCUT2D eigenvalue weighted by atomic mass is 10.2. The summed E-state index contributed by atoms with van der Waals surface area (Å²) in [6.45, 7) is 0. The van der Waals surface area contributed by atoms with Gasteiger partial charge < -0.3 is 15.4 Å². The topological polar surface area (TPSA) is 80.3 Å². The van der Waals surface area contributed by atoms with Gasteiger partial charge in [-0.3, -0.25) is 4.79 Å². The largest absolute Gasteiger partial charge is 0.465 e. The molecule has 0 bridgehead atoms. The number of esters is 1. The molecule has 8 heteroatoms. The molecule has 0 fully saturated rings. The van der Waals surface area contributed by atoms with Gasteiger partial charge in [0.05, 0.1) is 23.4 Å². The molecule has 0 spiro atoms. The first-order valence-corrected chi connectivity index (χ1v) is 8.52. The van der Waals surface area contributed by atoms with Crippen LogP contribution in [0.1, 0.15) is 20.7 Å². The van der Waals surface area contributed by atoms with Crippen LogP contribution in [0.15, 0.2) is 60.8 Å². The van der Waals surface area contributed by atoms with Gasteiger partial charge in [-0.2, -0.15) is 0 Å². The SMILES string of the molecule is COC(=O)c1ccc(Cl)c(Nc2cc(C(=O)Nc3ccc(F)cc3)ccn2)c1. The van der Waals surface area contributed by atoms with Gasteiger partial charge in [-0.15, -0.1) is 0 Å². The second-order valence-corrected chi connectivity index (χ2v) is 6.11. The molecule has 1 amide bonds. The Kier molecular flexibility index (Phi) is 5.86. The first-order chi connectivity index (χ1) is 13.5. The zero-order chi connectivity index (χ0) is 20.1. The van der Waals surface area contributed by atoms with Gasteiger partial charge in [0.25, 0.3) is 5.91 Å². The van der Waals surface area contributed by atoms with E-state index in [-0.39, 0.29) is 11.7 Å². The third-order valence-corrected chi connectivity index (χ3v) is 4.10. The molecule has 0 aliphatic heterocycles. The molecule has 28 heavy (non-hydrogen) atoms. The number of nitrogens with zero attached hydrogens (tertiary/aromatic N) is 1. The number of halogens is 2. The van der Waals surface area contributed by atoms with Gasteiger partial charge in [0.15, 0.2) is 0 Å². The predicted octanol–water partition coefficient (Wildman–Crippen LogP) is 4.66. The molecule has 2 aromatic carbocycles. The monoisotopic (exact) mass is 399 g/mol. The number of hydrogen-bond acceptors (Lipinski definition) is 5. The lowest BCUT2D eigenvalue weighted by Crippen LogP contribution is -2.12. The van der Waals surface area contributed by atoms with E-state index in [1.165, 1.54) is 55.8 Å². The minimum atomic E-state index is -0.500. The number of hydrogen-bond donors (Lipinski definition) is 2. The van der Waals surface area contributed by atoms with Gasteiger partial charge in [-0.05, 0) is 54.6 Å². The van der Waals surface area contributed by atoms with Gasteiger partial charge in [-0.25, -0.2) is 14.2 Å². The smallest absolute Gasteiger partial charge is 0.337 e. The highest BCUT2D eigenvalue weighted by molar-refractivity contribution is 6.33. The fraction of sp³-hybridized carbons (Fsp3) is 0.0500. The number of carbonyl (C=O) groups excluding carboxylic acids is 2. The first kappa shape index (κ1) is 19.3. The molecule has 3 rings (SSSR count). The number of pyridine rings is 1. The standard InChI is InChI=1S/C20H15ClFN3O3/c1-28-20(27)13-2-7-16(21)17(10-13)25-18-11-12(8-9-23-18)19(26)24-15-5-3-14(22)4-6-15/h2-11H,1H3,(H,23,25)(H,24,26). The summed E-state index contributed by atoms with van der Waals surface area (Å²) >= 11 is 6.16. The summed E-state index contributed by atoms with van der Waals surface area (Å²) in [6, 6.07) is 13.1. The van der Waals surface area contributed by atoms with Crippen LogP contribution in [0.2, 0.25) is 5.02 Å². The quantitative estimate of drug-likeness (QED) is 0.610. The average Bonchev–Trinajstić information content (AvgIpc) is 2.71. The highest BCUT2D eigenvalue weighted by atomic mass is 35.5. The molecule has 1 heterocycles. The van der Waals surface area contributed by atoms with Gasteiger partial charge in [0.1, 0.15) is 11.6 Å². The lowest BCUT2D eigenvalue weighted by molar-refractivity contribution is 0.0600. The molecular formula is C20H15ClFN3O3. The number of amides is 1. The second kappa shape index (κ2) is 8.49. The van der Waals surface area contributed by atoms with Crippen molar-refractivity contribution in [3.8, 4) is 0 Å². The molecule has 0 saturated heterocycles. The zero-order valence-corrected chi connectivity index (χ0v) is 15.5. The van der Waals surface area contributed by atoms with Crippen molar-refractivity contribution < 1.29 is 18.7 Å². The Morgan fingerprint density at radius 3 is 2.50 bits per heavy atom. The van der Waals surface area contributed by atoms with Crippen LogP contribution < -0.4 is 10.6 Å². The maximum atomic E-state index is 13.0. The van der Waals surface area contributed by atoms with Gasteiger partial charge in [-0.1, -0.05) is 11.6 Å². The third-order valence-electron chi connectivity index (χ3n) is 3.77. The molecule has 142 valence electrons. The molecule has 0 aliphatic rings. The summed E-state index contributed by atoms with van der Waals surface area (Å²) in [6.07, 6.45) is 1.46. The summed E-state index contributed by atoms with van der Waals surface area (Å²) in [7, 11) is 1.29. The summed E-state index contributed by atoms with van der Waals surface area (Å²) in [5.74, 6) is -0.915. The van der Waals surface area contributed by atoms with Crippen molar-refractivity contribution in [3.05, 3.63) is 82.8 Å². The average molecular weight is 400 g/mol. The van der Waals surface area contributed by atoms with Crippen molar-refractivity contribution >= 4 is 40.7 Å². The van der Waals surface area contributed by atoms with Crippen LogP contribution in [-0.4, -0.2) is 24.0 Å². The Hall–Kier alpha value is -3.45. The van der Waals surface area contributed by atoms with Crippen molar-refractivity contribution in [3.63, 3.8) is 0 Å². The van der Waals surface area contributed by atoms with E-state index >= 15 is 0 Å². The van der Waals surface area contributed by atoms with E-state index in [9.17, 15) is 14.0 Å². The number of ether oxygens (including phenoxy) is 1. The summed E-state index contributed by atoms with van der Waals surface area (Å²) < 4.78 is 17.7. The fourth-order valence-corrected chi connectivity index (χ4v) is 2.55. The minimum absolute atomic E-state index is 0.319. The molecule has 0 radical (unpaired) electrons.